The molecule has 8 heteroatoms. The highest BCUT2D eigenvalue weighted by molar-refractivity contribution is 7.89. The molecule has 2 aliphatic heterocycles. The predicted molar refractivity (Wildman–Crippen MR) is 83.9 cm³/mol. The molecule has 1 aromatic rings. The van der Waals surface area contributed by atoms with Gasteiger partial charge in [-0.15, -0.1) is 0 Å². The third kappa shape index (κ3) is 3.23. The summed E-state index contributed by atoms with van der Waals surface area (Å²) in [5.74, 6) is -0.395. The Bertz CT molecular complexity index is 747. The summed E-state index contributed by atoms with van der Waals surface area (Å²) in [4.78, 5) is 27.7. The van der Waals surface area contributed by atoms with Crippen LogP contribution in [0.25, 0.3) is 0 Å². The van der Waals surface area contributed by atoms with E-state index in [1.807, 2.05) is 12.1 Å². The van der Waals surface area contributed by atoms with E-state index in [1.54, 1.807) is 12.1 Å². The summed E-state index contributed by atoms with van der Waals surface area (Å²) < 4.78 is 23.0. The highest BCUT2D eigenvalue weighted by Gasteiger charge is 2.33. The van der Waals surface area contributed by atoms with Gasteiger partial charge in [-0.2, -0.15) is 0 Å². The maximum absolute atomic E-state index is 12.4. The molecule has 7 nitrogen and oxygen atoms in total. The summed E-state index contributed by atoms with van der Waals surface area (Å²) in [6, 6.07) is 7.28. The first kappa shape index (κ1) is 15.9. The van der Waals surface area contributed by atoms with E-state index in [0.29, 0.717) is 31.5 Å². The topological polar surface area (TPSA) is 101 Å². The first-order chi connectivity index (χ1) is 10.9. The van der Waals surface area contributed by atoms with Crippen molar-refractivity contribution in [3.8, 4) is 0 Å². The van der Waals surface area contributed by atoms with E-state index >= 15 is 0 Å². The molecule has 1 aromatic carbocycles. The number of likely N-dealkylation sites (tertiary alicyclic amines) is 1. The van der Waals surface area contributed by atoms with Crippen molar-refractivity contribution in [2.24, 2.45) is 5.14 Å². The van der Waals surface area contributed by atoms with Crippen LogP contribution in [0.5, 0.6) is 0 Å². The van der Waals surface area contributed by atoms with E-state index in [2.05, 4.69) is 0 Å². The first-order valence-electron chi connectivity index (χ1n) is 7.53. The van der Waals surface area contributed by atoms with Gasteiger partial charge in [0.05, 0.1) is 5.25 Å². The molecule has 1 unspecified atom stereocenters. The number of nitrogens with two attached hydrogens (primary N) is 1. The van der Waals surface area contributed by atoms with Gasteiger partial charge in [0.15, 0.2) is 0 Å². The van der Waals surface area contributed by atoms with Crippen molar-refractivity contribution in [2.75, 3.05) is 19.6 Å². The monoisotopic (exact) mass is 337 g/mol. The van der Waals surface area contributed by atoms with Crippen LogP contribution in [0.4, 0.5) is 0 Å². The Morgan fingerprint density at radius 3 is 2.74 bits per heavy atom. The Morgan fingerprint density at radius 2 is 2.04 bits per heavy atom. The molecular formula is C15H19N3O4S. The van der Waals surface area contributed by atoms with Crippen LogP contribution in [0, 0.1) is 0 Å². The summed E-state index contributed by atoms with van der Waals surface area (Å²) in [5.41, 5.74) is 1.53. The van der Waals surface area contributed by atoms with Crippen LogP contribution in [-0.2, 0) is 21.4 Å². The number of hydrogen-bond acceptors (Lipinski definition) is 4. The second-order valence-electron chi connectivity index (χ2n) is 6.01. The van der Waals surface area contributed by atoms with Crippen molar-refractivity contribution < 1.29 is 18.0 Å². The van der Waals surface area contributed by atoms with Crippen molar-refractivity contribution in [1.29, 1.82) is 0 Å². The highest BCUT2D eigenvalue weighted by atomic mass is 32.2. The molecule has 3 rings (SSSR count). The van der Waals surface area contributed by atoms with Gasteiger partial charge in [0, 0.05) is 25.2 Å². The third-order valence-electron chi connectivity index (χ3n) is 4.42. The molecular weight excluding hydrogens is 318 g/mol. The maximum atomic E-state index is 12.4. The largest absolute Gasteiger partial charge is 0.340 e. The quantitative estimate of drug-likeness (QED) is 0.834. The summed E-state index contributed by atoms with van der Waals surface area (Å²) in [6.45, 7) is 0.977. The van der Waals surface area contributed by atoms with Crippen LogP contribution in [-0.4, -0.2) is 54.9 Å². The molecule has 2 N–H and O–H groups in total. The Kier molecular flexibility index (Phi) is 4.11. The minimum atomic E-state index is -3.65. The standard InChI is InChI=1S/C15H19N3O4S/c16-23(21,22)12-5-3-7-17(9-12)14(19)10-18-8-11-4-1-2-6-13(11)15(18)20/h1-2,4,6,12H,3,5,7-10H2,(H2,16,21,22). The Hall–Kier alpha value is -1.93. The fourth-order valence-corrected chi connectivity index (χ4v) is 4.02. The minimum absolute atomic E-state index is 0.0369. The summed E-state index contributed by atoms with van der Waals surface area (Å²) >= 11 is 0. The lowest BCUT2D eigenvalue weighted by Gasteiger charge is -2.32. The van der Waals surface area contributed by atoms with Crippen molar-refractivity contribution in [2.45, 2.75) is 24.6 Å². The molecule has 124 valence electrons. The van der Waals surface area contributed by atoms with Crippen LogP contribution in [0.1, 0.15) is 28.8 Å². The molecule has 2 aliphatic rings. The molecule has 1 fully saturated rings. The molecule has 2 heterocycles. The molecule has 0 aromatic heterocycles. The summed E-state index contributed by atoms with van der Waals surface area (Å²) in [6.07, 6.45) is 1.07. The minimum Gasteiger partial charge on any atom is -0.340 e. The molecule has 0 aliphatic carbocycles. The number of carbonyl (C=O) groups is 2. The average molecular weight is 337 g/mol. The van der Waals surface area contributed by atoms with E-state index in [0.717, 1.165) is 5.56 Å². The normalized spacial score (nSPS) is 21.4. The number of fused-ring (bicyclic) bond motifs is 1. The zero-order valence-electron chi connectivity index (χ0n) is 12.6. The predicted octanol–water partition coefficient (Wildman–Crippen LogP) is -0.0781. The van der Waals surface area contributed by atoms with Crippen LogP contribution in [0.2, 0.25) is 0 Å². The van der Waals surface area contributed by atoms with Crippen molar-refractivity contribution >= 4 is 21.8 Å². The lowest BCUT2D eigenvalue weighted by molar-refractivity contribution is -0.132. The van der Waals surface area contributed by atoms with Gasteiger partial charge in [-0.1, -0.05) is 18.2 Å². The van der Waals surface area contributed by atoms with Crippen molar-refractivity contribution in [3.63, 3.8) is 0 Å². The van der Waals surface area contributed by atoms with E-state index in [9.17, 15) is 18.0 Å². The number of nitrogens with zero attached hydrogens (tertiary/aromatic N) is 2. The number of piperidine rings is 1. The lowest BCUT2D eigenvalue weighted by Crippen LogP contribution is -2.49. The van der Waals surface area contributed by atoms with Crippen LogP contribution >= 0.6 is 0 Å². The fourth-order valence-electron chi connectivity index (χ4n) is 3.14. The third-order valence-corrected chi connectivity index (χ3v) is 5.73. The Morgan fingerprint density at radius 1 is 1.30 bits per heavy atom. The van der Waals surface area contributed by atoms with Gasteiger partial charge >= 0.3 is 0 Å². The Labute approximate surface area is 135 Å². The molecule has 0 spiro atoms. The van der Waals surface area contributed by atoms with Gasteiger partial charge in [-0.25, -0.2) is 13.6 Å². The molecule has 0 bridgehead atoms. The number of rotatable bonds is 3. The van der Waals surface area contributed by atoms with E-state index in [-0.39, 0.29) is 24.9 Å². The molecule has 0 radical (unpaired) electrons. The second-order valence-corrected chi connectivity index (χ2v) is 7.86. The first-order valence-corrected chi connectivity index (χ1v) is 9.14. The van der Waals surface area contributed by atoms with E-state index in [1.165, 1.54) is 9.80 Å². The second kappa shape index (κ2) is 5.93. The average Bonchev–Trinajstić information content (AvgIpc) is 2.83. The van der Waals surface area contributed by atoms with E-state index < -0.39 is 15.3 Å². The van der Waals surface area contributed by atoms with Crippen LogP contribution in [0.15, 0.2) is 24.3 Å². The zero-order valence-corrected chi connectivity index (χ0v) is 13.5. The van der Waals surface area contributed by atoms with Crippen LogP contribution < -0.4 is 5.14 Å². The van der Waals surface area contributed by atoms with E-state index in [4.69, 9.17) is 5.14 Å². The molecule has 2 amide bonds. The van der Waals surface area contributed by atoms with Gasteiger partial charge < -0.3 is 9.80 Å². The smallest absolute Gasteiger partial charge is 0.254 e. The van der Waals surface area contributed by atoms with Gasteiger partial charge in [0.25, 0.3) is 5.91 Å². The van der Waals surface area contributed by atoms with Crippen molar-refractivity contribution in [3.05, 3.63) is 35.4 Å². The molecule has 1 saturated heterocycles. The molecule has 23 heavy (non-hydrogen) atoms. The SMILES string of the molecule is NS(=O)(=O)C1CCCN(C(=O)CN2Cc3ccccc3C2=O)C1. The number of hydrogen-bond donors (Lipinski definition) is 1. The maximum Gasteiger partial charge on any atom is 0.254 e. The van der Waals surface area contributed by atoms with Gasteiger partial charge in [0.2, 0.25) is 15.9 Å². The van der Waals surface area contributed by atoms with Gasteiger partial charge in [0.1, 0.15) is 6.54 Å². The fraction of sp³-hybridized carbons (Fsp3) is 0.467. The van der Waals surface area contributed by atoms with Crippen LogP contribution in [0.3, 0.4) is 0 Å². The highest BCUT2D eigenvalue weighted by Crippen LogP contribution is 2.23. The molecule has 1 atom stereocenters. The van der Waals surface area contributed by atoms with Crippen molar-refractivity contribution in [1.82, 2.24) is 9.80 Å². The number of carbonyl (C=O) groups excluding carboxylic acids is 2. The number of benzene rings is 1. The lowest BCUT2D eigenvalue weighted by atomic mass is 10.1. The number of primary sulfonamides is 1. The summed E-state index contributed by atoms with van der Waals surface area (Å²) in [7, 11) is -3.65. The number of amides is 2. The molecule has 0 saturated carbocycles. The Balaban J connectivity index is 1.65. The van der Waals surface area contributed by atoms with Gasteiger partial charge in [-0.05, 0) is 24.5 Å². The number of sulfonamides is 1. The summed E-state index contributed by atoms with van der Waals surface area (Å²) in [5, 5.41) is 4.47. The zero-order chi connectivity index (χ0) is 16.6. The van der Waals surface area contributed by atoms with Gasteiger partial charge in [-0.3, -0.25) is 9.59 Å².